The highest BCUT2D eigenvalue weighted by molar-refractivity contribution is 6.51. The zero-order valence-electron chi connectivity index (χ0n) is 9.42. The molecule has 0 bridgehead atoms. The SMILES string of the molecule is CCC(C)COc1cccc([SiH2]C)c1. The van der Waals surface area contributed by atoms with Gasteiger partial charge in [0.2, 0.25) is 0 Å². The van der Waals surface area contributed by atoms with E-state index in [2.05, 4.69) is 44.7 Å². The predicted molar refractivity (Wildman–Crippen MR) is 65.4 cm³/mol. The largest absolute Gasteiger partial charge is 0.493 e. The minimum Gasteiger partial charge on any atom is -0.493 e. The molecule has 14 heavy (non-hydrogen) atoms. The van der Waals surface area contributed by atoms with Gasteiger partial charge in [-0.05, 0) is 18.1 Å². The summed E-state index contributed by atoms with van der Waals surface area (Å²) in [5.41, 5.74) is 0. The van der Waals surface area contributed by atoms with Crippen molar-refractivity contribution in [2.45, 2.75) is 26.8 Å². The molecule has 0 spiro atoms. The number of ether oxygens (including phenoxy) is 1. The first-order valence-electron chi connectivity index (χ1n) is 5.48. The summed E-state index contributed by atoms with van der Waals surface area (Å²) >= 11 is 0. The fourth-order valence-electron chi connectivity index (χ4n) is 1.21. The van der Waals surface area contributed by atoms with Gasteiger partial charge in [0.25, 0.3) is 0 Å². The summed E-state index contributed by atoms with van der Waals surface area (Å²) in [6.07, 6.45) is 1.18. The van der Waals surface area contributed by atoms with Crippen LogP contribution in [0.5, 0.6) is 5.75 Å². The predicted octanol–water partition coefficient (Wildman–Crippen LogP) is 1.95. The first-order valence-corrected chi connectivity index (χ1v) is 7.60. The Balaban J connectivity index is 2.50. The topological polar surface area (TPSA) is 9.23 Å². The highest BCUT2D eigenvalue weighted by atomic mass is 28.2. The zero-order valence-corrected chi connectivity index (χ0v) is 10.8. The van der Waals surface area contributed by atoms with Crippen molar-refractivity contribution in [1.29, 1.82) is 0 Å². The van der Waals surface area contributed by atoms with Crippen molar-refractivity contribution in [3.63, 3.8) is 0 Å². The highest BCUT2D eigenvalue weighted by Gasteiger charge is 2.00. The molecule has 1 unspecified atom stereocenters. The average molecular weight is 208 g/mol. The van der Waals surface area contributed by atoms with Crippen LogP contribution in [0, 0.1) is 5.92 Å². The highest BCUT2D eigenvalue weighted by Crippen LogP contribution is 2.10. The Bertz CT molecular complexity index is 273. The number of benzene rings is 1. The Labute approximate surface area is 89.3 Å². The van der Waals surface area contributed by atoms with E-state index in [1.165, 1.54) is 11.6 Å². The van der Waals surface area contributed by atoms with Crippen LogP contribution in [-0.2, 0) is 0 Å². The maximum absolute atomic E-state index is 5.72. The quantitative estimate of drug-likeness (QED) is 0.672. The summed E-state index contributed by atoms with van der Waals surface area (Å²) in [7, 11) is -0.0517. The molecule has 1 aromatic rings. The third kappa shape index (κ3) is 3.54. The second-order valence-electron chi connectivity index (χ2n) is 3.83. The fourth-order valence-corrected chi connectivity index (χ4v) is 1.99. The van der Waals surface area contributed by atoms with E-state index < -0.39 is 0 Å². The molecule has 0 amide bonds. The number of rotatable bonds is 5. The van der Waals surface area contributed by atoms with Crippen LogP contribution >= 0.6 is 0 Å². The Morgan fingerprint density at radius 1 is 1.43 bits per heavy atom. The van der Waals surface area contributed by atoms with Crippen molar-refractivity contribution in [1.82, 2.24) is 0 Å². The Hall–Kier alpha value is -0.763. The summed E-state index contributed by atoms with van der Waals surface area (Å²) in [6, 6.07) is 8.53. The van der Waals surface area contributed by atoms with Crippen molar-refractivity contribution < 1.29 is 4.74 Å². The normalized spacial score (nSPS) is 13.4. The lowest BCUT2D eigenvalue weighted by molar-refractivity contribution is 0.257. The van der Waals surface area contributed by atoms with Gasteiger partial charge in [-0.1, -0.05) is 44.1 Å². The zero-order chi connectivity index (χ0) is 10.4. The van der Waals surface area contributed by atoms with Gasteiger partial charge in [0.1, 0.15) is 5.75 Å². The summed E-state index contributed by atoms with van der Waals surface area (Å²) in [4.78, 5) is 0. The molecule has 2 heteroatoms. The Kier molecular flexibility index (Phi) is 4.74. The van der Waals surface area contributed by atoms with Crippen LogP contribution in [-0.4, -0.2) is 16.1 Å². The molecule has 1 nitrogen and oxygen atoms in total. The van der Waals surface area contributed by atoms with Crippen LogP contribution in [0.1, 0.15) is 20.3 Å². The first-order chi connectivity index (χ1) is 6.76. The van der Waals surface area contributed by atoms with Crippen LogP contribution in [0.3, 0.4) is 0 Å². The summed E-state index contributed by atoms with van der Waals surface area (Å²) in [6.45, 7) is 7.56. The monoisotopic (exact) mass is 208 g/mol. The van der Waals surface area contributed by atoms with Crippen molar-refractivity contribution in [3.05, 3.63) is 24.3 Å². The van der Waals surface area contributed by atoms with E-state index in [1.54, 1.807) is 0 Å². The minimum atomic E-state index is -0.0517. The van der Waals surface area contributed by atoms with E-state index in [1.807, 2.05) is 0 Å². The number of hydrogen-bond donors (Lipinski definition) is 0. The molecule has 0 fully saturated rings. The van der Waals surface area contributed by atoms with E-state index in [9.17, 15) is 0 Å². The molecule has 0 saturated heterocycles. The lowest BCUT2D eigenvalue weighted by Crippen LogP contribution is -2.12. The lowest BCUT2D eigenvalue weighted by atomic mass is 10.1. The van der Waals surface area contributed by atoms with E-state index in [0.29, 0.717) is 5.92 Å². The molecule has 0 aliphatic carbocycles. The van der Waals surface area contributed by atoms with E-state index in [0.717, 1.165) is 12.4 Å². The van der Waals surface area contributed by atoms with Gasteiger partial charge < -0.3 is 4.74 Å². The van der Waals surface area contributed by atoms with Gasteiger partial charge in [-0.25, -0.2) is 0 Å². The Morgan fingerprint density at radius 3 is 2.86 bits per heavy atom. The van der Waals surface area contributed by atoms with Crippen molar-refractivity contribution >= 4 is 14.7 Å². The van der Waals surface area contributed by atoms with Crippen molar-refractivity contribution in [2.24, 2.45) is 5.92 Å². The second-order valence-corrected chi connectivity index (χ2v) is 5.35. The maximum Gasteiger partial charge on any atom is 0.119 e. The molecule has 0 N–H and O–H groups in total. The van der Waals surface area contributed by atoms with Gasteiger partial charge in [0.15, 0.2) is 0 Å². The van der Waals surface area contributed by atoms with Gasteiger partial charge in [-0.2, -0.15) is 0 Å². The van der Waals surface area contributed by atoms with Gasteiger partial charge in [-0.15, -0.1) is 0 Å². The molecule has 78 valence electrons. The van der Waals surface area contributed by atoms with Crippen LogP contribution in [0.25, 0.3) is 0 Å². The molecular formula is C12H20OSi. The number of hydrogen-bond acceptors (Lipinski definition) is 1. The third-order valence-corrected chi connectivity index (χ3v) is 3.79. The molecular weight excluding hydrogens is 188 g/mol. The minimum absolute atomic E-state index is 0.0517. The molecule has 0 aliphatic heterocycles. The van der Waals surface area contributed by atoms with Gasteiger partial charge >= 0.3 is 0 Å². The average Bonchev–Trinajstić information content (AvgIpc) is 2.26. The van der Waals surface area contributed by atoms with Crippen LogP contribution in [0.4, 0.5) is 0 Å². The standard InChI is InChI=1S/C12H20OSi/c1-4-10(2)9-13-11-6-5-7-12(8-11)14-3/h5-8,10H,4,9,14H2,1-3H3. The molecule has 1 atom stereocenters. The smallest absolute Gasteiger partial charge is 0.119 e. The van der Waals surface area contributed by atoms with E-state index in [-0.39, 0.29) is 9.52 Å². The fraction of sp³-hybridized carbons (Fsp3) is 0.500. The maximum atomic E-state index is 5.72. The summed E-state index contributed by atoms with van der Waals surface area (Å²) in [5, 5.41) is 1.48. The molecule has 1 rings (SSSR count). The van der Waals surface area contributed by atoms with Gasteiger partial charge in [0.05, 0.1) is 16.1 Å². The lowest BCUT2D eigenvalue weighted by Gasteiger charge is -2.11. The molecule has 1 aromatic carbocycles. The van der Waals surface area contributed by atoms with Crippen molar-refractivity contribution in [2.75, 3.05) is 6.61 Å². The van der Waals surface area contributed by atoms with Crippen LogP contribution < -0.4 is 9.92 Å². The summed E-state index contributed by atoms with van der Waals surface area (Å²) < 4.78 is 5.72. The molecule has 0 saturated carbocycles. The van der Waals surface area contributed by atoms with Gasteiger partial charge in [-0.3, -0.25) is 0 Å². The van der Waals surface area contributed by atoms with Gasteiger partial charge in [0, 0.05) is 0 Å². The first kappa shape index (κ1) is 11.3. The third-order valence-electron chi connectivity index (χ3n) is 2.54. The molecule has 0 aliphatic rings. The second kappa shape index (κ2) is 5.86. The van der Waals surface area contributed by atoms with Crippen LogP contribution in [0.2, 0.25) is 6.55 Å². The molecule has 0 radical (unpaired) electrons. The van der Waals surface area contributed by atoms with E-state index in [4.69, 9.17) is 4.74 Å². The Morgan fingerprint density at radius 2 is 2.21 bits per heavy atom. The van der Waals surface area contributed by atoms with E-state index >= 15 is 0 Å². The van der Waals surface area contributed by atoms with Crippen LogP contribution in [0.15, 0.2) is 24.3 Å². The molecule has 0 heterocycles. The molecule has 0 aromatic heterocycles. The summed E-state index contributed by atoms with van der Waals surface area (Å²) in [5.74, 6) is 1.69. The van der Waals surface area contributed by atoms with Crippen molar-refractivity contribution in [3.8, 4) is 5.75 Å².